The second-order valence-corrected chi connectivity index (χ2v) is 6.51. The molecule has 3 aromatic rings. The molecular weight excluding hydrogens is 387 g/mol. The molecule has 12 heteroatoms. The van der Waals surface area contributed by atoms with Gasteiger partial charge in [-0.3, -0.25) is 0 Å². The number of rotatable bonds is 4. The Hall–Kier alpha value is -2.69. The van der Waals surface area contributed by atoms with Gasteiger partial charge in [-0.05, 0) is 12.5 Å². The van der Waals surface area contributed by atoms with Crippen LogP contribution in [0.25, 0.3) is 5.65 Å². The Kier molecular flexibility index (Phi) is 4.46. The molecule has 0 aliphatic carbocycles. The van der Waals surface area contributed by atoms with Gasteiger partial charge in [-0.15, -0.1) is 15.3 Å². The summed E-state index contributed by atoms with van der Waals surface area (Å²) < 4.78 is 45.0. The normalized spacial score (nSPS) is 17.6. The van der Waals surface area contributed by atoms with E-state index >= 15 is 0 Å². The fourth-order valence-corrected chi connectivity index (χ4v) is 2.95. The number of hydrogen-bond donors (Lipinski definition) is 0. The summed E-state index contributed by atoms with van der Waals surface area (Å²) >= 11 is 5.79. The van der Waals surface area contributed by atoms with Crippen molar-refractivity contribution in [1.29, 1.82) is 0 Å². The van der Waals surface area contributed by atoms with E-state index in [-0.39, 0.29) is 17.4 Å². The first-order valence-corrected chi connectivity index (χ1v) is 8.43. The maximum absolute atomic E-state index is 12.9. The van der Waals surface area contributed by atoms with Crippen molar-refractivity contribution < 1.29 is 17.9 Å². The van der Waals surface area contributed by atoms with Crippen LogP contribution < -0.4 is 9.64 Å². The van der Waals surface area contributed by atoms with Crippen LogP contribution in [0.2, 0.25) is 5.02 Å². The molecule has 1 saturated heterocycles. The van der Waals surface area contributed by atoms with Crippen molar-refractivity contribution in [1.82, 2.24) is 29.8 Å². The fraction of sp³-hybridized carbons (Fsp3) is 0.400. The van der Waals surface area contributed by atoms with Crippen LogP contribution in [0.15, 0.2) is 24.5 Å². The predicted molar refractivity (Wildman–Crippen MR) is 88.6 cm³/mol. The van der Waals surface area contributed by atoms with E-state index in [1.807, 2.05) is 4.90 Å². The lowest BCUT2D eigenvalue weighted by Crippen LogP contribution is -2.23. The molecule has 0 saturated carbocycles. The number of ether oxygens (including phenoxy) is 1. The topological polar surface area (TPSA) is 81.3 Å². The maximum atomic E-state index is 12.9. The highest BCUT2D eigenvalue weighted by molar-refractivity contribution is 6.30. The minimum Gasteiger partial charge on any atom is -0.476 e. The van der Waals surface area contributed by atoms with Gasteiger partial charge in [-0.25, -0.2) is 9.97 Å². The highest BCUT2D eigenvalue weighted by Gasteiger charge is 2.37. The predicted octanol–water partition coefficient (Wildman–Crippen LogP) is 2.49. The summed E-state index contributed by atoms with van der Waals surface area (Å²) in [5.74, 6) is -0.352. The first-order chi connectivity index (χ1) is 12.9. The SMILES string of the molecule is FC(F)(F)c1nnc2ccc(OCC3CCN(c4ncc(Cl)cn4)C3)nn12. The first-order valence-electron chi connectivity index (χ1n) is 8.05. The first kappa shape index (κ1) is 17.7. The lowest BCUT2D eigenvalue weighted by molar-refractivity contribution is -0.146. The molecule has 0 spiro atoms. The molecule has 3 aromatic heterocycles. The number of hydrogen-bond acceptors (Lipinski definition) is 7. The second kappa shape index (κ2) is 6.80. The maximum Gasteiger partial charge on any atom is 0.453 e. The van der Waals surface area contributed by atoms with E-state index < -0.39 is 12.0 Å². The largest absolute Gasteiger partial charge is 0.476 e. The number of nitrogens with zero attached hydrogens (tertiary/aromatic N) is 7. The van der Waals surface area contributed by atoms with E-state index in [0.717, 1.165) is 13.0 Å². The van der Waals surface area contributed by atoms with Crippen molar-refractivity contribution in [2.24, 2.45) is 5.92 Å². The summed E-state index contributed by atoms with van der Waals surface area (Å²) in [6, 6.07) is 2.85. The lowest BCUT2D eigenvalue weighted by atomic mass is 10.1. The molecule has 0 bridgehead atoms. The molecule has 0 N–H and O–H groups in total. The van der Waals surface area contributed by atoms with Crippen molar-refractivity contribution in [3.05, 3.63) is 35.4 Å². The minimum atomic E-state index is -4.64. The van der Waals surface area contributed by atoms with Gasteiger partial charge in [-0.1, -0.05) is 11.6 Å². The van der Waals surface area contributed by atoms with Gasteiger partial charge < -0.3 is 9.64 Å². The molecule has 1 fully saturated rings. The summed E-state index contributed by atoms with van der Waals surface area (Å²) in [5, 5.41) is 10.9. The number of aromatic nitrogens is 6. The molecule has 1 unspecified atom stereocenters. The fourth-order valence-electron chi connectivity index (χ4n) is 2.85. The summed E-state index contributed by atoms with van der Waals surface area (Å²) in [6.45, 7) is 1.74. The Morgan fingerprint density at radius 1 is 1.19 bits per heavy atom. The van der Waals surface area contributed by atoms with E-state index in [0.29, 0.717) is 28.6 Å². The summed E-state index contributed by atoms with van der Waals surface area (Å²) in [5.41, 5.74) is 0.00148. The summed E-state index contributed by atoms with van der Waals surface area (Å²) in [4.78, 5) is 10.4. The second-order valence-electron chi connectivity index (χ2n) is 6.08. The van der Waals surface area contributed by atoms with Gasteiger partial charge in [0.15, 0.2) is 5.65 Å². The monoisotopic (exact) mass is 399 g/mol. The molecule has 142 valence electrons. The van der Waals surface area contributed by atoms with E-state index in [1.165, 1.54) is 24.5 Å². The zero-order valence-corrected chi connectivity index (χ0v) is 14.5. The van der Waals surface area contributed by atoms with Crippen molar-refractivity contribution in [3.8, 4) is 5.88 Å². The van der Waals surface area contributed by atoms with Crippen molar-refractivity contribution >= 4 is 23.2 Å². The third-order valence-electron chi connectivity index (χ3n) is 4.13. The Bertz CT molecular complexity index is 947. The van der Waals surface area contributed by atoms with Crippen LogP contribution in [0.3, 0.4) is 0 Å². The molecule has 4 heterocycles. The molecule has 0 amide bonds. The van der Waals surface area contributed by atoms with Crippen LogP contribution in [-0.4, -0.2) is 49.5 Å². The van der Waals surface area contributed by atoms with Gasteiger partial charge >= 0.3 is 6.18 Å². The number of halogens is 4. The Morgan fingerprint density at radius 3 is 2.70 bits per heavy atom. The van der Waals surface area contributed by atoms with Gasteiger partial charge in [0.25, 0.3) is 5.82 Å². The van der Waals surface area contributed by atoms with Crippen LogP contribution >= 0.6 is 11.6 Å². The van der Waals surface area contributed by atoms with Crippen molar-refractivity contribution in [2.75, 3.05) is 24.6 Å². The summed E-state index contributed by atoms with van der Waals surface area (Å²) in [7, 11) is 0. The highest BCUT2D eigenvalue weighted by Crippen LogP contribution is 2.28. The van der Waals surface area contributed by atoms with E-state index in [9.17, 15) is 13.2 Å². The van der Waals surface area contributed by atoms with E-state index in [4.69, 9.17) is 16.3 Å². The van der Waals surface area contributed by atoms with Gasteiger partial charge in [-0.2, -0.15) is 17.7 Å². The smallest absolute Gasteiger partial charge is 0.453 e. The van der Waals surface area contributed by atoms with E-state index in [2.05, 4.69) is 25.3 Å². The van der Waals surface area contributed by atoms with E-state index in [1.54, 1.807) is 0 Å². The van der Waals surface area contributed by atoms with Crippen LogP contribution in [0.1, 0.15) is 12.2 Å². The Balaban J connectivity index is 1.41. The molecule has 27 heavy (non-hydrogen) atoms. The lowest BCUT2D eigenvalue weighted by Gasteiger charge is -2.16. The van der Waals surface area contributed by atoms with Crippen LogP contribution in [0.5, 0.6) is 5.88 Å². The van der Waals surface area contributed by atoms with Crippen molar-refractivity contribution in [2.45, 2.75) is 12.6 Å². The van der Waals surface area contributed by atoms with Gasteiger partial charge in [0.05, 0.1) is 24.0 Å². The molecule has 4 rings (SSSR count). The van der Waals surface area contributed by atoms with Gasteiger partial charge in [0.2, 0.25) is 11.8 Å². The van der Waals surface area contributed by atoms with Crippen LogP contribution in [-0.2, 0) is 6.18 Å². The standard InChI is InChI=1S/C15H13ClF3N7O/c16-10-5-20-14(21-6-10)25-4-3-9(7-25)8-27-12-2-1-11-22-23-13(15(17,18)19)26(11)24-12/h1-2,5-6,9H,3-4,7-8H2. The number of alkyl halides is 3. The average molecular weight is 400 g/mol. The highest BCUT2D eigenvalue weighted by atomic mass is 35.5. The average Bonchev–Trinajstić information content (AvgIpc) is 3.27. The van der Waals surface area contributed by atoms with Crippen LogP contribution in [0, 0.1) is 5.92 Å². The third kappa shape index (κ3) is 3.72. The molecule has 1 aliphatic heterocycles. The molecule has 8 nitrogen and oxygen atoms in total. The minimum absolute atomic E-state index is 0.00148. The molecule has 1 atom stereocenters. The van der Waals surface area contributed by atoms with Gasteiger partial charge in [0.1, 0.15) is 0 Å². The summed E-state index contributed by atoms with van der Waals surface area (Å²) in [6.07, 6.45) is -0.737. The van der Waals surface area contributed by atoms with Crippen LogP contribution in [0.4, 0.5) is 19.1 Å². The molecular formula is C15H13ClF3N7O. The quantitative estimate of drug-likeness (QED) is 0.666. The molecule has 0 radical (unpaired) electrons. The Labute approximate surface area is 155 Å². The number of fused-ring (bicyclic) bond motifs is 1. The third-order valence-corrected chi connectivity index (χ3v) is 4.33. The zero-order chi connectivity index (χ0) is 19.0. The molecule has 0 aromatic carbocycles. The van der Waals surface area contributed by atoms with Crippen molar-refractivity contribution in [3.63, 3.8) is 0 Å². The Morgan fingerprint density at radius 2 is 1.96 bits per heavy atom. The molecule has 1 aliphatic rings. The number of anilines is 1. The zero-order valence-electron chi connectivity index (χ0n) is 13.8. The van der Waals surface area contributed by atoms with Gasteiger partial charge in [0, 0.05) is 25.1 Å².